The first-order chi connectivity index (χ1) is 9.77. The molecule has 4 nitrogen and oxygen atoms in total. The van der Waals surface area contributed by atoms with Crippen molar-refractivity contribution < 1.29 is 27.8 Å². The van der Waals surface area contributed by atoms with E-state index in [1.807, 2.05) is 0 Å². The molecule has 0 radical (unpaired) electrons. The molecule has 0 saturated heterocycles. The number of aromatic hydroxyl groups is 1. The average Bonchev–Trinajstić information content (AvgIpc) is 2.40. The van der Waals surface area contributed by atoms with Crippen molar-refractivity contribution >= 4 is 5.91 Å². The maximum atomic E-state index is 12.9. The van der Waals surface area contributed by atoms with Crippen molar-refractivity contribution in [1.82, 2.24) is 0 Å². The van der Waals surface area contributed by atoms with Crippen LogP contribution in [0.2, 0.25) is 0 Å². The van der Waals surface area contributed by atoms with E-state index in [0.29, 0.717) is 6.07 Å². The second kappa shape index (κ2) is 5.35. The topological polar surface area (TPSA) is 72.6 Å². The minimum absolute atomic E-state index is 0.00223. The van der Waals surface area contributed by atoms with Gasteiger partial charge in [0.05, 0.1) is 11.1 Å². The fourth-order valence-corrected chi connectivity index (χ4v) is 1.69. The molecule has 0 atom stereocenters. The van der Waals surface area contributed by atoms with Crippen LogP contribution in [0.4, 0.5) is 13.2 Å². The Bertz CT molecular complexity index is 666. The highest BCUT2D eigenvalue weighted by atomic mass is 19.4. The van der Waals surface area contributed by atoms with E-state index in [4.69, 9.17) is 15.6 Å². The zero-order valence-corrected chi connectivity index (χ0v) is 10.5. The number of amides is 1. The molecule has 0 aliphatic rings. The molecule has 3 N–H and O–H groups in total. The summed E-state index contributed by atoms with van der Waals surface area (Å²) >= 11 is 0. The van der Waals surface area contributed by atoms with Crippen LogP contribution in [-0.2, 0) is 6.18 Å². The van der Waals surface area contributed by atoms with Gasteiger partial charge in [0.1, 0.15) is 17.2 Å². The number of hydrogen-bond donors (Lipinski definition) is 2. The Morgan fingerprint density at radius 3 is 2.14 bits per heavy atom. The van der Waals surface area contributed by atoms with Gasteiger partial charge in [-0.2, -0.15) is 13.2 Å². The number of carbonyl (C=O) groups is 1. The Hall–Kier alpha value is -2.70. The molecule has 2 aromatic carbocycles. The van der Waals surface area contributed by atoms with E-state index < -0.39 is 23.2 Å². The lowest BCUT2D eigenvalue weighted by atomic mass is 10.1. The lowest BCUT2D eigenvalue weighted by Gasteiger charge is -2.13. The van der Waals surface area contributed by atoms with E-state index in [9.17, 15) is 18.0 Å². The standard InChI is InChI=1S/C14H10F3NO3/c15-14(16,17)12-7-10(5-6-11(12)13(18)20)21-9-3-1-8(19)2-4-9/h1-7,19H,(H2,18,20). The molecular formula is C14H10F3NO3. The van der Waals surface area contributed by atoms with Crippen LogP contribution in [0.15, 0.2) is 42.5 Å². The molecule has 0 spiro atoms. The number of hydrogen-bond acceptors (Lipinski definition) is 3. The first kappa shape index (κ1) is 14.7. The Morgan fingerprint density at radius 2 is 1.62 bits per heavy atom. The van der Waals surface area contributed by atoms with Crippen molar-refractivity contribution in [3.63, 3.8) is 0 Å². The summed E-state index contributed by atoms with van der Waals surface area (Å²) in [6.07, 6.45) is -4.72. The quantitative estimate of drug-likeness (QED) is 0.913. The van der Waals surface area contributed by atoms with Crippen molar-refractivity contribution in [2.24, 2.45) is 5.73 Å². The summed E-state index contributed by atoms with van der Waals surface area (Å²) < 4.78 is 43.9. The third kappa shape index (κ3) is 3.44. The van der Waals surface area contributed by atoms with Gasteiger partial charge in [-0.25, -0.2) is 0 Å². The third-order valence-corrected chi connectivity index (χ3v) is 2.63. The highest BCUT2D eigenvalue weighted by Crippen LogP contribution is 2.35. The number of benzene rings is 2. The van der Waals surface area contributed by atoms with Crippen LogP contribution in [-0.4, -0.2) is 11.0 Å². The molecule has 0 heterocycles. The van der Waals surface area contributed by atoms with E-state index >= 15 is 0 Å². The predicted molar refractivity (Wildman–Crippen MR) is 68.1 cm³/mol. The summed E-state index contributed by atoms with van der Waals surface area (Å²) in [6.45, 7) is 0. The van der Waals surface area contributed by atoms with Gasteiger partial charge in [0.25, 0.3) is 0 Å². The number of primary amides is 1. The third-order valence-electron chi connectivity index (χ3n) is 2.63. The maximum absolute atomic E-state index is 12.9. The van der Waals surface area contributed by atoms with Gasteiger partial charge in [-0.3, -0.25) is 4.79 Å². The molecule has 0 saturated carbocycles. The van der Waals surface area contributed by atoms with Crippen LogP contribution in [0, 0.1) is 0 Å². The zero-order valence-electron chi connectivity index (χ0n) is 10.5. The Labute approximate surface area is 117 Å². The Kier molecular flexibility index (Phi) is 3.75. The van der Waals surface area contributed by atoms with E-state index in [2.05, 4.69) is 0 Å². The smallest absolute Gasteiger partial charge is 0.417 e. The van der Waals surface area contributed by atoms with Crippen molar-refractivity contribution in [3.05, 3.63) is 53.6 Å². The minimum Gasteiger partial charge on any atom is -0.508 e. The molecule has 0 fully saturated rings. The summed E-state index contributed by atoms with van der Waals surface area (Å²) in [7, 11) is 0. The normalized spacial score (nSPS) is 11.2. The summed E-state index contributed by atoms with van der Waals surface area (Å²) in [6, 6.07) is 8.32. The van der Waals surface area contributed by atoms with Crippen molar-refractivity contribution in [1.29, 1.82) is 0 Å². The second-order valence-electron chi connectivity index (χ2n) is 4.17. The Morgan fingerprint density at radius 1 is 1.05 bits per heavy atom. The number of phenolic OH excluding ortho intramolecular Hbond substituents is 1. The van der Waals surface area contributed by atoms with E-state index in [-0.39, 0.29) is 17.2 Å². The highest BCUT2D eigenvalue weighted by molar-refractivity contribution is 5.94. The fraction of sp³-hybridized carbons (Fsp3) is 0.0714. The van der Waals surface area contributed by atoms with Gasteiger partial charge in [0.15, 0.2) is 0 Å². The first-order valence-electron chi connectivity index (χ1n) is 5.75. The molecule has 21 heavy (non-hydrogen) atoms. The molecule has 0 aromatic heterocycles. The van der Waals surface area contributed by atoms with Gasteiger partial charge in [-0.05, 0) is 42.5 Å². The number of phenols is 1. The van der Waals surface area contributed by atoms with Gasteiger partial charge in [0, 0.05) is 0 Å². The van der Waals surface area contributed by atoms with Gasteiger partial charge in [0.2, 0.25) is 5.91 Å². The number of alkyl halides is 3. The van der Waals surface area contributed by atoms with E-state index in [1.54, 1.807) is 0 Å². The second-order valence-corrected chi connectivity index (χ2v) is 4.17. The monoisotopic (exact) mass is 297 g/mol. The van der Waals surface area contributed by atoms with Crippen molar-refractivity contribution in [2.75, 3.05) is 0 Å². The molecule has 7 heteroatoms. The number of carbonyl (C=O) groups excluding carboxylic acids is 1. The van der Waals surface area contributed by atoms with Crippen molar-refractivity contribution in [3.8, 4) is 17.2 Å². The highest BCUT2D eigenvalue weighted by Gasteiger charge is 2.35. The molecule has 2 aromatic rings. The van der Waals surface area contributed by atoms with Gasteiger partial charge < -0.3 is 15.6 Å². The van der Waals surface area contributed by atoms with E-state index in [0.717, 1.165) is 6.07 Å². The van der Waals surface area contributed by atoms with E-state index in [1.165, 1.54) is 30.3 Å². The zero-order chi connectivity index (χ0) is 15.6. The summed E-state index contributed by atoms with van der Waals surface area (Å²) in [5.74, 6) is -1.02. The molecule has 2 rings (SSSR count). The molecule has 0 unspecified atom stereocenters. The van der Waals surface area contributed by atoms with Crippen LogP contribution >= 0.6 is 0 Å². The predicted octanol–water partition coefficient (Wildman–Crippen LogP) is 3.30. The Balaban J connectivity index is 2.38. The van der Waals surface area contributed by atoms with Crippen LogP contribution in [0.1, 0.15) is 15.9 Å². The van der Waals surface area contributed by atoms with Gasteiger partial charge in [-0.1, -0.05) is 0 Å². The summed E-state index contributed by atoms with van der Waals surface area (Å²) in [5, 5.41) is 9.12. The summed E-state index contributed by atoms with van der Waals surface area (Å²) in [4.78, 5) is 11.0. The first-order valence-corrected chi connectivity index (χ1v) is 5.75. The van der Waals surface area contributed by atoms with Crippen LogP contribution in [0.5, 0.6) is 17.2 Å². The van der Waals surface area contributed by atoms with Crippen molar-refractivity contribution in [2.45, 2.75) is 6.18 Å². The number of nitrogens with two attached hydrogens (primary N) is 1. The molecule has 0 aliphatic carbocycles. The SMILES string of the molecule is NC(=O)c1ccc(Oc2ccc(O)cc2)cc1C(F)(F)F. The lowest BCUT2D eigenvalue weighted by Crippen LogP contribution is -2.18. The number of ether oxygens (including phenoxy) is 1. The maximum Gasteiger partial charge on any atom is 0.417 e. The van der Waals surface area contributed by atoms with Gasteiger partial charge in [-0.15, -0.1) is 0 Å². The molecular weight excluding hydrogens is 287 g/mol. The number of rotatable bonds is 3. The van der Waals surface area contributed by atoms with Gasteiger partial charge >= 0.3 is 6.18 Å². The molecule has 1 amide bonds. The largest absolute Gasteiger partial charge is 0.508 e. The number of halogens is 3. The van der Waals surface area contributed by atoms with Crippen LogP contribution < -0.4 is 10.5 Å². The minimum atomic E-state index is -4.72. The van der Waals surface area contributed by atoms with Crippen LogP contribution in [0.3, 0.4) is 0 Å². The summed E-state index contributed by atoms with van der Waals surface area (Å²) in [5.41, 5.74) is 3.14. The molecule has 0 aliphatic heterocycles. The molecule has 0 bridgehead atoms. The van der Waals surface area contributed by atoms with Crippen LogP contribution in [0.25, 0.3) is 0 Å². The lowest BCUT2D eigenvalue weighted by molar-refractivity contribution is -0.138. The fourth-order valence-electron chi connectivity index (χ4n) is 1.69. The average molecular weight is 297 g/mol. The molecule has 110 valence electrons.